The van der Waals surface area contributed by atoms with Gasteiger partial charge in [-0.3, -0.25) is 9.69 Å². The molecule has 0 unspecified atom stereocenters. The maximum absolute atomic E-state index is 13.4. The molecular weight excluding hydrogens is 572 g/mol. The van der Waals surface area contributed by atoms with E-state index in [2.05, 4.69) is 21.9 Å². The highest BCUT2D eigenvalue weighted by Gasteiger charge is 2.26. The number of hydrogen-bond donors (Lipinski definition) is 0. The molecule has 0 saturated carbocycles. The van der Waals surface area contributed by atoms with Crippen LogP contribution < -0.4 is 19.1 Å². The lowest BCUT2D eigenvalue weighted by Crippen LogP contribution is -2.49. The summed E-state index contributed by atoms with van der Waals surface area (Å²) in [7, 11) is 0. The number of carbonyl (C=O) groups is 1. The van der Waals surface area contributed by atoms with Crippen molar-refractivity contribution in [2.75, 3.05) is 44.5 Å². The molecule has 2 aliphatic heterocycles. The molecule has 1 aromatic heterocycles. The molecule has 1 fully saturated rings. The Kier molecular flexibility index (Phi) is 8.79. The predicted molar refractivity (Wildman–Crippen MR) is 165 cm³/mol. The van der Waals surface area contributed by atoms with Gasteiger partial charge in [0.2, 0.25) is 6.79 Å². The van der Waals surface area contributed by atoms with E-state index in [9.17, 15) is 4.79 Å². The zero-order valence-corrected chi connectivity index (χ0v) is 25.1. The lowest BCUT2D eigenvalue weighted by Gasteiger charge is -2.36. The van der Waals surface area contributed by atoms with Crippen LogP contribution in [0.2, 0.25) is 5.02 Å². The summed E-state index contributed by atoms with van der Waals surface area (Å²) >= 11 is 7.65. The van der Waals surface area contributed by atoms with Crippen LogP contribution in [0, 0.1) is 0 Å². The van der Waals surface area contributed by atoms with E-state index in [1.165, 1.54) is 11.3 Å². The van der Waals surface area contributed by atoms with Crippen LogP contribution in [0.4, 0.5) is 5.69 Å². The Morgan fingerprint density at radius 1 is 0.952 bits per heavy atom. The molecule has 1 saturated heterocycles. The number of aromatic nitrogens is 1. The van der Waals surface area contributed by atoms with Crippen molar-refractivity contribution < 1.29 is 19.0 Å². The van der Waals surface area contributed by atoms with E-state index in [-0.39, 0.29) is 12.7 Å². The van der Waals surface area contributed by atoms with Crippen LogP contribution in [-0.4, -0.2) is 60.3 Å². The first kappa shape index (κ1) is 28.3. The van der Waals surface area contributed by atoms with Gasteiger partial charge in [0.15, 0.2) is 11.5 Å². The van der Waals surface area contributed by atoms with Crippen molar-refractivity contribution >= 4 is 34.5 Å². The largest absolute Gasteiger partial charge is 0.492 e. The summed E-state index contributed by atoms with van der Waals surface area (Å²) in [6, 6.07) is 22.0. The van der Waals surface area contributed by atoms with E-state index in [0.717, 1.165) is 52.2 Å². The minimum Gasteiger partial charge on any atom is -0.492 e. The second-order valence-electron chi connectivity index (χ2n) is 10.3. The van der Waals surface area contributed by atoms with Gasteiger partial charge in [0, 0.05) is 49.7 Å². The van der Waals surface area contributed by atoms with E-state index in [1.54, 1.807) is 0 Å². The molecule has 0 spiro atoms. The Labute approximate surface area is 255 Å². The molecule has 42 heavy (non-hydrogen) atoms. The van der Waals surface area contributed by atoms with Crippen LogP contribution in [-0.2, 0) is 19.6 Å². The minimum absolute atomic E-state index is 0.0183. The van der Waals surface area contributed by atoms with Gasteiger partial charge in [0.05, 0.1) is 18.8 Å². The number of amides is 1. The van der Waals surface area contributed by atoms with Crippen molar-refractivity contribution in [1.82, 2.24) is 14.8 Å². The van der Waals surface area contributed by atoms with Gasteiger partial charge in [-0.05, 0) is 54.4 Å². The first-order valence-corrected chi connectivity index (χ1v) is 15.4. The molecular formula is C32H33ClN4O4S. The molecule has 0 radical (unpaired) electrons. The summed E-state index contributed by atoms with van der Waals surface area (Å²) in [5.41, 5.74) is 3.85. The number of benzene rings is 3. The van der Waals surface area contributed by atoms with Crippen molar-refractivity contribution in [3.63, 3.8) is 0 Å². The molecule has 3 aromatic carbocycles. The van der Waals surface area contributed by atoms with Gasteiger partial charge in [-0.25, -0.2) is 4.98 Å². The molecule has 218 valence electrons. The Morgan fingerprint density at radius 3 is 2.50 bits per heavy atom. The summed E-state index contributed by atoms with van der Waals surface area (Å²) in [4.78, 5) is 24.7. The molecule has 0 atom stereocenters. The highest BCUT2D eigenvalue weighted by molar-refractivity contribution is 7.09. The number of thiazole rings is 1. The molecule has 0 N–H and O–H groups in total. The highest BCUT2D eigenvalue weighted by Crippen LogP contribution is 2.33. The van der Waals surface area contributed by atoms with Gasteiger partial charge >= 0.3 is 0 Å². The van der Waals surface area contributed by atoms with Crippen LogP contribution in [0.3, 0.4) is 0 Å². The number of halogens is 1. The van der Waals surface area contributed by atoms with Crippen LogP contribution in [0.5, 0.6) is 17.2 Å². The minimum atomic E-state index is -0.0183. The molecule has 0 bridgehead atoms. The summed E-state index contributed by atoms with van der Waals surface area (Å²) in [6.45, 7) is 7.63. The van der Waals surface area contributed by atoms with Gasteiger partial charge < -0.3 is 24.0 Å². The average molecular weight is 605 g/mol. The van der Waals surface area contributed by atoms with Crippen molar-refractivity contribution in [3.05, 3.63) is 99.0 Å². The van der Waals surface area contributed by atoms with Gasteiger partial charge in [-0.1, -0.05) is 41.9 Å². The molecule has 2 aliphatic rings. The normalized spacial score (nSPS) is 14.5. The average Bonchev–Trinajstić information content (AvgIpc) is 3.68. The standard InChI is InChI=1S/C32H33ClN4O4S/c1-2-39-28-6-4-3-5-27(28)36-13-15-37(16-14-36)32(38)26-21-42-31(34-26)20-35(18-23-7-10-25(33)11-8-23)19-24-9-12-29-30(17-24)41-22-40-29/h3-12,17,21H,2,13-16,18-20,22H2,1H3. The second kappa shape index (κ2) is 13.0. The summed E-state index contributed by atoms with van der Waals surface area (Å²) in [5.74, 6) is 2.40. The smallest absolute Gasteiger partial charge is 0.273 e. The molecule has 6 rings (SSSR count). The molecule has 10 heteroatoms. The van der Waals surface area contributed by atoms with Crippen LogP contribution >= 0.6 is 22.9 Å². The first-order chi connectivity index (χ1) is 20.6. The third kappa shape index (κ3) is 6.64. The fraction of sp³-hybridized carbons (Fsp3) is 0.312. The van der Waals surface area contributed by atoms with Crippen LogP contribution in [0.25, 0.3) is 0 Å². The van der Waals surface area contributed by atoms with Gasteiger partial charge in [0.25, 0.3) is 5.91 Å². The molecule has 4 aromatic rings. The number of para-hydroxylation sites is 2. The summed E-state index contributed by atoms with van der Waals surface area (Å²) in [5, 5.41) is 3.50. The van der Waals surface area contributed by atoms with Crippen LogP contribution in [0.1, 0.15) is 33.5 Å². The third-order valence-corrected chi connectivity index (χ3v) is 8.45. The fourth-order valence-electron chi connectivity index (χ4n) is 5.29. The lowest BCUT2D eigenvalue weighted by atomic mass is 10.1. The van der Waals surface area contributed by atoms with Gasteiger partial charge in [0.1, 0.15) is 16.5 Å². The van der Waals surface area contributed by atoms with E-state index in [1.807, 2.05) is 71.8 Å². The van der Waals surface area contributed by atoms with Gasteiger partial charge in [-0.15, -0.1) is 11.3 Å². The van der Waals surface area contributed by atoms with E-state index in [0.29, 0.717) is 50.0 Å². The Bertz CT molecular complexity index is 1520. The number of piperazine rings is 1. The van der Waals surface area contributed by atoms with Gasteiger partial charge in [-0.2, -0.15) is 0 Å². The number of ether oxygens (including phenoxy) is 3. The van der Waals surface area contributed by atoms with Crippen LogP contribution in [0.15, 0.2) is 72.1 Å². The molecule has 0 aliphatic carbocycles. The lowest BCUT2D eigenvalue weighted by molar-refractivity contribution is 0.0741. The van der Waals surface area contributed by atoms with E-state index < -0.39 is 0 Å². The number of carbonyl (C=O) groups excluding carboxylic acids is 1. The van der Waals surface area contributed by atoms with Crippen molar-refractivity contribution in [1.29, 1.82) is 0 Å². The third-order valence-electron chi connectivity index (χ3n) is 7.36. The predicted octanol–water partition coefficient (Wildman–Crippen LogP) is 6.09. The molecule has 8 nitrogen and oxygen atoms in total. The maximum Gasteiger partial charge on any atom is 0.273 e. The van der Waals surface area contributed by atoms with Crippen molar-refractivity contribution in [2.45, 2.75) is 26.6 Å². The number of fused-ring (bicyclic) bond motifs is 1. The Hall–Kier alpha value is -3.79. The molecule has 1 amide bonds. The Balaban J connectivity index is 1.11. The van der Waals surface area contributed by atoms with E-state index >= 15 is 0 Å². The number of rotatable bonds is 10. The SMILES string of the molecule is CCOc1ccccc1N1CCN(C(=O)c2csc(CN(Cc3ccc(Cl)cc3)Cc3ccc4c(c3)OCO4)n2)CC1. The summed E-state index contributed by atoms with van der Waals surface area (Å²) < 4.78 is 16.9. The first-order valence-electron chi connectivity index (χ1n) is 14.1. The summed E-state index contributed by atoms with van der Waals surface area (Å²) in [6.07, 6.45) is 0. The number of hydrogen-bond acceptors (Lipinski definition) is 8. The zero-order chi connectivity index (χ0) is 28.9. The van der Waals surface area contributed by atoms with Crippen molar-refractivity contribution in [3.8, 4) is 17.2 Å². The number of nitrogens with zero attached hydrogens (tertiary/aromatic N) is 4. The van der Waals surface area contributed by atoms with Crippen molar-refractivity contribution in [2.24, 2.45) is 0 Å². The number of anilines is 1. The van der Waals surface area contributed by atoms with E-state index in [4.69, 9.17) is 30.8 Å². The second-order valence-corrected chi connectivity index (χ2v) is 11.6. The topological polar surface area (TPSA) is 67.4 Å². The quantitative estimate of drug-likeness (QED) is 0.217. The maximum atomic E-state index is 13.4. The monoisotopic (exact) mass is 604 g/mol. The fourth-order valence-corrected chi connectivity index (χ4v) is 6.23. The zero-order valence-electron chi connectivity index (χ0n) is 23.5. The molecule has 3 heterocycles. The highest BCUT2D eigenvalue weighted by atomic mass is 35.5. The Morgan fingerprint density at radius 2 is 1.69 bits per heavy atom.